The Kier molecular flexibility index (Phi) is 11.0. The van der Waals surface area contributed by atoms with E-state index in [1.54, 1.807) is 12.3 Å². The quantitative estimate of drug-likeness (QED) is 0.125. The van der Waals surface area contributed by atoms with Crippen molar-refractivity contribution in [2.24, 2.45) is 5.92 Å². The Hall–Kier alpha value is -5.73. The molecule has 0 radical (unpaired) electrons. The van der Waals surface area contributed by atoms with Crippen molar-refractivity contribution in [3.8, 4) is 22.6 Å². The molecular weight excluding hydrogens is 626 g/mol. The van der Waals surface area contributed by atoms with Gasteiger partial charge in [0.1, 0.15) is 35.9 Å². The SMILES string of the molecule is Cc1ccc(-c2c(C(=O)NCc3cc(OCc4ccccc4)cc(OCc4ccccc4)c3)n(CC[C@@H](C)CO)c(=O)c3ncccc23)cc1. The van der Waals surface area contributed by atoms with Gasteiger partial charge in [-0.05, 0) is 59.7 Å². The molecule has 1 atom stereocenters. The molecule has 8 heteroatoms. The van der Waals surface area contributed by atoms with Crippen molar-refractivity contribution in [1.29, 1.82) is 0 Å². The minimum atomic E-state index is -0.401. The van der Waals surface area contributed by atoms with Crippen LogP contribution >= 0.6 is 0 Å². The van der Waals surface area contributed by atoms with Gasteiger partial charge in [-0.1, -0.05) is 103 Å². The lowest BCUT2D eigenvalue weighted by molar-refractivity contribution is 0.0940. The highest BCUT2D eigenvalue weighted by molar-refractivity contribution is 6.07. The zero-order valence-electron chi connectivity index (χ0n) is 28.3. The first-order valence-electron chi connectivity index (χ1n) is 16.8. The summed E-state index contributed by atoms with van der Waals surface area (Å²) in [6.07, 6.45) is 2.10. The van der Waals surface area contributed by atoms with Gasteiger partial charge in [0.15, 0.2) is 0 Å². The smallest absolute Gasteiger partial charge is 0.277 e. The minimum Gasteiger partial charge on any atom is -0.489 e. The second-order valence-corrected chi connectivity index (χ2v) is 12.6. The number of aromatic nitrogens is 2. The van der Waals surface area contributed by atoms with Gasteiger partial charge in [-0.2, -0.15) is 0 Å². The summed E-state index contributed by atoms with van der Waals surface area (Å²) in [6, 6.07) is 36.9. The van der Waals surface area contributed by atoms with Crippen LogP contribution in [0.1, 0.15) is 46.1 Å². The molecule has 6 aromatic rings. The molecule has 2 aromatic heterocycles. The number of aryl methyl sites for hydroxylation is 1. The van der Waals surface area contributed by atoms with Gasteiger partial charge < -0.3 is 24.5 Å². The van der Waals surface area contributed by atoms with Gasteiger partial charge in [0, 0.05) is 42.9 Å². The van der Waals surface area contributed by atoms with Crippen LogP contribution in [0.2, 0.25) is 0 Å². The predicted octanol–water partition coefficient (Wildman–Crippen LogP) is 7.48. The molecule has 0 aliphatic heterocycles. The number of nitrogens with one attached hydrogen (secondary N) is 1. The van der Waals surface area contributed by atoms with E-state index < -0.39 is 5.91 Å². The van der Waals surface area contributed by atoms with Crippen LogP contribution in [0.4, 0.5) is 0 Å². The van der Waals surface area contributed by atoms with Gasteiger partial charge in [0.25, 0.3) is 11.5 Å². The fraction of sp³-hybridized carbons (Fsp3) is 0.214. The summed E-state index contributed by atoms with van der Waals surface area (Å²) in [6.45, 7) is 5.04. The van der Waals surface area contributed by atoms with E-state index in [2.05, 4.69) is 10.3 Å². The molecule has 0 saturated carbocycles. The van der Waals surface area contributed by atoms with E-state index >= 15 is 0 Å². The number of fused-ring (bicyclic) bond motifs is 1. The van der Waals surface area contributed by atoms with Crippen LogP contribution in [0.5, 0.6) is 11.5 Å². The molecule has 4 aromatic carbocycles. The predicted molar refractivity (Wildman–Crippen MR) is 196 cm³/mol. The normalized spacial score (nSPS) is 11.7. The molecule has 0 fully saturated rings. The Morgan fingerprint density at radius 2 is 1.44 bits per heavy atom. The lowest BCUT2D eigenvalue weighted by Crippen LogP contribution is -2.34. The highest BCUT2D eigenvalue weighted by atomic mass is 16.5. The van der Waals surface area contributed by atoms with E-state index in [1.807, 2.05) is 123 Å². The standard InChI is InChI=1S/C42H41N3O5/c1-29-15-17-34(18-16-29)38-37-14-9-20-43-39(37)42(48)45(21-19-30(2)26-46)40(38)41(47)44-25-33-22-35(49-27-31-10-5-3-6-11-31)24-36(23-33)50-28-32-12-7-4-8-13-32/h3-18,20,22-24,30,46H,19,21,25-28H2,1-2H3,(H,44,47)/t30-/m1/s1. The summed E-state index contributed by atoms with van der Waals surface area (Å²) in [5.41, 5.74) is 5.54. The fourth-order valence-electron chi connectivity index (χ4n) is 5.82. The van der Waals surface area contributed by atoms with Crippen LogP contribution in [-0.4, -0.2) is 27.2 Å². The van der Waals surface area contributed by atoms with Crippen LogP contribution in [0.25, 0.3) is 22.0 Å². The van der Waals surface area contributed by atoms with E-state index in [0.29, 0.717) is 47.6 Å². The summed E-state index contributed by atoms with van der Waals surface area (Å²) < 4.78 is 13.9. The highest BCUT2D eigenvalue weighted by Crippen LogP contribution is 2.31. The maximum Gasteiger partial charge on any atom is 0.277 e. The summed E-state index contributed by atoms with van der Waals surface area (Å²) in [5, 5.41) is 13.4. The molecule has 50 heavy (non-hydrogen) atoms. The van der Waals surface area contributed by atoms with Gasteiger partial charge in [-0.25, -0.2) is 0 Å². The second-order valence-electron chi connectivity index (χ2n) is 12.6. The van der Waals surface area contributed by atoms with Gasteiger partial charge in [0.05, 0.1) is 0 Å². The third kappa shape index (κ3) is 8.28. The first kappa shape index (κ1) is 34.1. The Balaban J connectivity index is 1.35. The van der Waals surface area contributed by atoms with Crippen molar-refractivity contribution in [3.63, 3.8) is 0 Å². The van der Waals surface area contributed by atoms with Crippen LogP contribution in [0.3, 0.4) is 0 Å². The summed E-state index contributed by atoms with van der Waals surface area (Å²) in [4.78, 5) is 32.8. The van der Waals surface area contributed by atoms with Crippen LogP contribution in [0, 0.1) is 12.8 Å². The molecule has 0 saturated heterocycles. The van der Waals surface area contributed by atoms with Crippen molar-refractivity contribution in [2.45, 2.75) is 46.6 Å². The topological polar surface area (TPSA) is 103 Å². The Labute approximate surface area is 292 Å². The molecule has 1 amide bonds. The average molecular weight is 668 g/mol. The van der Waals surface area contributed by atoms with E-state index in [9.17, 15) is 14.7 Å². The zero-order valence-corrected chi connectivity index (χ0v) is 28.3. The van der Waals surface area contributed by atoms with Gasteiger partial charge in [-0.3, -0.25) is 14.6 Å². The molecule has 254 valence electrons. The van der Waals surface area contributed by atoms with E-state index in [0.717, 1.165) is 27.8 Å². The van der Waals surface area contributed by atoms with E-state index in [-0.39, 0.29) is 36.9 Å². The van der Waals surface area contributed by atoms with E-state index in [1.165, 1.54) is 4.57 Å². The Bertz CT molecular complexity index is 2050. The van der Waals surface area contributed by atoms with Gasteiger partial charge in [-0.15, -0.1) is 0 Å². The van der Waals surface area contributed by atoms with Crippen molar-refractivity contribution < 1.29 is 19.4 Å². The molecule has 0 aliphatic rings. The molecular formula is C42H41N3O5. The number of benzene rings is 4. The molecule has 8 nitrogen and oxygen atoms in total. The first-order valence-corrected chi connectivity index (χ1v) is 16.8. The number of pyridine rings is 2. The number of amides is 1. The number of ether oxygens (including phenoxy) is 2. The van der Waals surface area contributed by atoms with Crippen LogP contribution in [-0.2, 0) is 26.3 Å². The van der Waals surface area contributed by atoms with E-state index in [4.69, 9.17) is 9.47 Å². The maximum absolute atomic E-state index is 14.4. The second kappa shape index (κ2) is 16.1. The van der Waals surface area contributed by atoms with Crippen LogP contribution in [0.15, 0.2) is 126 Å². The number of rotatable bonds is 14. The number of nitrogens with zero attached hydrogens (tertiary/aromatic N) is 2. The average Bonchev–Trinajstić information content (AvgIpc) is 3.16. The number of hydrogen-bond acceptors (Lipinski definition) is 6. The van der Waals surface area contributed by atoms with Crippen molar-refractivity contribution >= 4 is 16.8 Å². The van der Waals surface area contributed by atoms with Gasteiger partial charge in [0.2, 0.25) is 0 Å². The number of hydrogen-bond donors (Lipinski definition) is 2. The Morgan fingerprint density at radius 3 is 2.04 bits per heavy atom. The molecule has 0 unspecified atom stereocenters. The fourth-order valence-corrected chi connectivity index (χ4v) is 5.82. The largest absolute Gasteiger partial charge is 0.489 e. The van der Waals surface area contributed by atoms with Gasteiger partial charge >= 0.3 is 0 Å². The summed E-state index contributed by atoms with van der Waals surface area (Å²) >= 11 is 0. The minimum absolute atomic E-state index is 0.0235. The zero-order chi connectivity index (χ0) is 34.9. The molecule has 0 aliphatic carbocycles. The monoisotopic (exact) mass is 667 g/mol. The Morgan fingerprint density at radius 1 is 0.820 bits per heavy atom. The van der Waals surface area contributed by atoms with Crippen molar-refractivity contribution in [3.05, 3.63) is 160 Å². The third-order valence-corrected chi connectivity index (χ3v) is 8.63. The first-order chi connectivity index (χ1) is 24.4. The van der Waals surface area contributed by atoms with Crippen molar-refractivity contribution in [1.82, 2.24) is 14.9 Å². The summed E-state index contributed by atoms with van der Waals surface area (Å²) in [5.74, 6) is 0.752. The molecule has 2 N–H and O–H groups in total. The number of carbonyl (C=O) groups is 1. The molecule has 2 heterocycles. The molecule has 0 bridgehead atoms. The van der Waals surface area contributed by atoms with Crippen LogP contribution < -0.4 is 20.3 Å². The summed E-state index contributed by atoms with van der Waals surface area (Å²) in [7, 11) is 0. The lowest BCUT2D eigenvalue weighted by Gasteiger charge is -2.20. The number of aliphatic hydroxyl groups is 1. The lowest BCUT2D eigenvalue weighted by atomic mass is 9.97. The number of aliphatic hydroxyl groups excluding tert-OH is 1. The van der Waals surface area contributed by atoms with Crippen molar-refractivity contribution in [2.75, 3.05) is 6.61 Å². The highest BCUT2D eigenvalue weighted by Gasteiger charge is 2.24. The third-order valence-electron chi connectivity index (χ3n) is 8.63. The molecule has 0 spiro atoms. The molecule has 6 rings (SSSR count). The number of carbonyl (C=O) groups excluding carboxylic acids is 1. The maximum atomic E-state index is 14.4.